The van der Waals surface area contributed by atoms with Crippen molar-refractivity contribution in [2.45, 2.75) is 57.5 Å². The van der Waals surface area contributed by atoms with Gasteiger partial charge in [-0.15, -0.1) is 5.10 Å². The third-order valence-corrected chi connectivity index (χ3v) is 7.22. The Morgan fingerprint density at radius 3 is 2.51 bits per heavy atom. The lowest BCUT2D eigenvalue weighted by molar-refractivity contribution is -0.123. The molecule has 11 nitrogen and oxygen atoms in total. The molecule has 1 atom stereocenters. The molecule has 4 N–H and O–H groups in total. The zero-order valence-corrected chi connectivity index (χ0v) is 23.4. The van der Waals surface area contributed by atoms with Gasteiger partial charge in [-0.1, -0.05) is 44.2 Å². The van der Waals surface area contributed by atoms with Crippen molar-refractivity contribution in [3.8, 4) is 11.5 Å². The molecule has 12 heteroatoms. The average molecular weight is 566 g/mol. The Labute approximate surface area is 238 Å². The number of benzene rings is 2. The van der Waals surface area contributed by atoms with Gasteiger partial charge in [-0.05, 0) is 53.0 Å². The molecule has 1 saturated carbocycles. The van der Waals surface area contributed by atoms with Crippen LogP contribution in [0, 0.1) is 11.7 Å². The van der Waals surface area contributed by atoms with Crippen LogP contribution >= 0.6 is 0 Å². The molecule has 1 heterocycles. The number of halogens is 1. The number of methoxy groups -OCH3 is 2. The first-order chi connectivity index (χ1) is 19.9. The van der Waals surface area contributed by atoms with Gasteiger partial charge in [0.05, 0.1) is 26.4 Å². The van der Waals surface area contributed by atoms with Crippen LogP contribution in [0.25, 0.3) is 0 Å². The van der Waals surface area contributed by atoms with Crippen LogP contribution < -0.4 is 25.8 Å². The number of amides is 2. The summed E-state index contributed by atoms with van der Waals surface area (Å²) in [6.45, 7) is 0.347. The van der Waals surface area contributed by atoms with Crippen LogP contribution in [0.5, 0.6) is 11.5 Å². The third kappa shape index (κ3) is 8.32. The number of hydrogen-bond acceptors (Lipinski definition) is 8. The zero-order chi connectivity index (χ0) is 29.2. The second kappa shape index (κ2) is 14.3. The predicted octanol–water partition coefficient (Wildman–Crippen LogP) is 3.64. The number of nitrogens with two attached hydrogens (primary N) is 1. The fourth-order valence-electron chi connectivity index (χ4n) is 5.08. The number of rotatable bonds is 11. The molecule has 0 spiro atoms. The second-order valence-electron chi connectivity index (χ2n) is 10.2. The standard InChI is InChI=1S/C29H36FN7O4/c1-40-25-11-9-19(14-26(25)41-2)15-27(38)35-29(31)34-23(13-18-6-4-3-5-7-18)28(39)32-16-20-8-10-21(22(30)12-20)24-17-33-37-36-24/h8-12,14,18,23H,3-7,13,15-17H2,1-2H3,(H,32,39)(H3,31,34,35,38)/t23-/m1/s1. The molecule has 0 bridgehead atoms. The van der Waals surface area contributed by atoms with E-state index in [4.69, 9.17) is 15.2 Å². The molecule has 0 saturated heterocycles. The number of ether oxygens (including phenoxy) is 2. The first-order valence-electron chi connectivity index (χ1n) is 13.7. The van der Waals surface area contributed by atoms with Gasteiger partial charge in [-0.2, -0.15) is 5.11 Å². The second-order valence-corrected chi connectivity index (χ2v) is 10.2. The maximum Gasteiger partial charge on any atom is 0.245 e. The lowest BCUT2D eigenvalue weighted by atomic mass is 9.84. The highest BCUT2D eigenvalue weighted by molar-refractivity contribution is 6.02. The lowest BCUT2D eigenvalue weighted by Gasteiger charge is -2.24. The number of nitrogens with one attached hydrogen (secondary N) is 2. The van der Waals surface area contributed by atoms with Crippen LogP contribution in [0.1, 0.15) is 55.2 Å². The fourth-order valence-corrected chi connectivity index (χ4v) is 5.08. The molecule has 218 valence electrons. The Hall–Kier alpha value is -4.35. The van der Waals surface area contributed by atoms with E-state index in [0.29, 0.717) is 46.2 Å². The molecule has 1 aliphatic heterocycles. The minimum absolute atomic E-state index is 0.0340. The topological polar surface area (TPSA) is 152 Å². The van der Waals surface area contributed by atoms with Gasteiger partial charge in [0, 0.05) is 12.1 Å². The highest BCUT2D eigenvalue weighted by Gasteiger charge is 2.25. The summed E-state index contributed by atoms with van der Waals surface area (Å²) < 4.78 is 25.2. The molecule has 41 heavy (non-hydrogen) atoms. The number of hydrogen-bond donors (Lipinski definition) is 3. The summed E-state index contributed by atoms with van der Waals surface area (Å²) in [5.74, 6) is 0.0992. The van der Waals surface area contributed by atoms with E-state index in [1.807, 2.05) is 0 Å². The fraction of sp³-hybridized carbons (Fsp3) is 0.448. The Kier molecular flexibility index (Phi) is 10.4. The SMILES string of the molecule is COc1ccc(CC(=O)NC(N)=N[C@H](CC2CCCCC2)C(=O)NCc2ccc(C3=NN=NC3)c(F)c2)cc1OC. The van der Waals surface area contributed by atoms with E-state index in [1.54, 1.807) is 30.3 Å². The van der Waals surface area contributed by atoms with E-state index in [2.05, 4.69) is 31.1 Å². The predicted molar refractivity (Wildman–Crippen MR) is 153 cm³/mol. The van der Waals surface area contributed by atoms with E-state index in [-0.39, 0.29) is 37.3 Å². The minimum atomic E-state index is -0.792. The van der Waals surface area contributed by atoms with E-state index in [1.165, 1.54) is 26.7 Å². The lowest BCUT2D eigenvalue weighted by Crippen LogP contribution is -2.42. The van der Waals surface area contributed by atoms with E-state index in [0.717, 1.165) is 25.7 Å². The van der Waals surface area contributed by atoms with Gasteiger partial charge >= 0.3 is 0 Å². The van der Waals surface area contributed by atoms with E-state index >= 15 is 0 Å². The summed E-state index contributed by atoms with van der Waals surface area (Å²) in [6.07, 6.45) is 5.97. The monoisotopic (exact) mass is 565 g/mol. The molecule has 2 amide bonds. The van der Waals surface area contributed by atoms with Crippen LogP contribution in [0.15, 0.2) is 56.8 Å². The molecule has 1 aliphatic carbocycles. The quantitative estimate of drug-likeness (QED) is 0.281. The maximum absolute atomic E-state index is 14.7. The van der Waals surface area contributed by atoms with E-state index < -0.39 is 11.9 Å². The average Bonchev–Trinajstić information content (AvgIpc) is 3.50. The van der Waals surface area contributed by atoms with Crippen LogP contribution in [-0.4, -0.2) is 50.3 Å². The number of carbonyl (C=O) groups is 2. The molecule has 0 unspecified atom stereocenters. The zero-order valence-electron chi connectivity index (χ0n) is 23.4. The summed E-state index contributed by atoms with van der Waals surface area (Å²) in [5.41, 5.74) is 8.18. The Balaban J connectivity index is 1.40. The van der Waals surface area contributed by atoms with Gasteiger partial charge in [-0.25, -0.2) is 9.38 Å². The Morgan fingerprint density at radius 2 is 1.83 bits per heavy atom. The largest absolute Gasteiger partial charge is 0.493 e. The number of nitrogens with zero attached hydrogens (tertiary/aromatic N) is 4. The summed E-state index contributed by atoms with van der Waals surface area (Å²) in [5, 5.41) is 16.6. The Morgan fingerprint density at radius 1 is 1.07 bits per heavy atom. The van der Waals surface area contributed by atoms with Crippen molar-refractivity contribution in [3.63, 3.8) is 0 Å². The van der Waals surface area contributed by atoms with Crippen molar-refractivity contribution in [2.75, 3.05) is 20.8 Å². The summed E-state index contributed by atoms with van der Waals surface area (Å²) in [6, 6.07) is 9.09. The maximum atomic E-state index is 14.7. The highest BCUT2D eigenvalue weighted by atomic mass is 19.1. The van der Waals surface area contributed by atoms with Crippen molar-refractivity contribution in [1.82, 2.24) is 10.6 Å². The highest BCUT2D eigenvalue weighted by Crippen LogP contribution is 2.29. The minimum Gasteiger partial charge on any atom is -0.493 e. The van der Waals surface area contributed by atoms with Gasteiger partial charge in [0.2, 0.25) is 11.8 Å². The molecule has 2 aromatic carbocycles. The summed E-state index contributed by atoms with van der Waals surface area (Å²) in [7, 11) is 3.06. The molecular formula is C29H36FN7O4. The van der Waals surface area contributed by atoms with Crippen molar-refractivity contribution in [3.05, 3.63) is 58.9 Å². The summed E-state index contributed by atoms with van der Waals surface area (Å²) in [4.78, 5) is 30.3. The number of carbonyl (C=O) groups excluding carboxylic acids is 2. The molecule has 0 radical (unpaired) electrons. The molecular weight excluding hydrogens is 529 g/mol. The van der Waals surface area contributed by atoms with Gasteiger partial charge < -0.3 is 20.5 Å². The van der Waals surface area contributed by atoms with Gasteiger partial charge in [0.15, 0.2) is 17.5 Å². The van der Waals surface area contributed by atoms with Crippen LogP contribution in [-0.2, 0) is 22.6 Å². The van der Waals surface area contributed by atoms with Crippen LogP contribution in [0.4, 0.5) is 4.39 Å². The van der Waals surface area contributed by atoms with Gasteiger partial charge in [0.1, 0.15) is 18.4 Å². The van der Waals surface area contributed by atoms with Crippen molar-refractivity contribution >= 4 is 23.5 Å². The van der Waals surface area contributed by atoms with Crippen molar-refractivity contribution in [1.29, 1.82) is 0 Å². The molecule has 4 rings (SSSR count). The number of aliphatic imine (C=N–C) groups is 1. The first-order valence-corrected chi connectivity index (χ1v) is 13.7. The Bertz CT molecular complexity index is 1340. The van der Waals surface area contributed by atoms with Crippen LogP contribution in [0.3, 0.4) is 0 Å². The third-order valence-electron chi connectivity index (χ3n) is 7.22. The number of guanidine groups is 1. The van der Waals surface area contributed by atoms with Gasteiger partial charge in [0.25, 0.3) is 0 Å². The van der Waals surface area contributed by atoms with Gasteiger partial charge in [-0.3, -0.25) is 14.9 Å². The normalized spacial score (nSPS) is 16.2. The molecule has 2 aromatic rings. The van der Waals surface area contributed by atoms with Crippen LogP contribution in [0.2, 0.25) is 0 Å². The first kappa shape index (κ1) is 29.6. The van der Waals surface area contributed by atoms with Crippen molar-refractivity contribution in [2.24, 2.45) is 32.1 Å². The summed E-state index contributed by atoms with van der Waals surface area (Å²) >= 11 is 0. The van der Waals surface area contributed by atoms with E-state index in [9.17, 15) is 14.0 Å². The molecule has 1 fully saturated rings. The smallest absolute Gasteiger partial charge is 0.245 e. The molecule has 0 aromatic heterocycles. The van der Waals surface area contributed by atoms with Crippen molar-refractivity contribution < 1.29 is 23.5 Å². The molecule has 2 aliphatic rings.